The fourth-order valence-electron chi connectivity index (χ4n) is 2.44. The van der Waals surface area contributed by atoms with Crippen LogP contribution in [0, 0.1) is 5.92 Å². The molecule has 100 valence electrons. The van der Waals surface area contributed by atoms with Crippen LogP contribution in [-0.2, 0) is 0 Å². The van der Waals surface area contributed by atoms with Crippen molar-refractivity contribution in [2.24, 2.45) is 5.92 Å². The lowest BCUT2D eigenvalue weighted by Crippen LogP contribution is -2.35. The average Bonchev–Trinajstić information content (AvgIpc) is 2.39. The van der Waals surface area contributed by atoms with E-state index in [2.05, 4.69) is 22.1 Å². The van der Waals surface area contributed by atoms with Gasteiger partial charge in [-0.2, -0.15) is 0 Å². The van der Waals surface area contributed by atoms with Gasteiger partial charge >= 0.3 is 0 Å². The molecule has 0 amide bonds. The molecule has 1 aromatic rings. The summed E-state index contributed by atoms with van der Waals surface area (Å²) in [6.45, 7) is 6.98. The number of anilines is 2. The van der Waals surface area contributed by atoms with Crippen LogP contribution in [0.2, 0.25) is 0 Å². The van der Waals surface area contributed by atoms with Crippen molar-refractivity contribution in [3.05, 3.63) is 18.3 Å². The normalized spacial score (nSPS) is 18.5. The molecule has 0 aromatic carbocycles. The van der Waals surface area contributed by atoms with E-state index in [-0.39, 0.29) is 0 Å². The topological polar surface area (TPSA) is 54.2 Å². The highest BCUT2D eigenvalue weighted by atomic mass is 15.1. The van der Waals surface area contributed by atoms with Crippen molar-refractivity contribution in [2.45, 2.75) is 26.2 Å². The van der Waals surface area contributed by atoms with Crippen LogP contribution in [0.5, 0.6) is 0 Å². The van der Waals surface area contributed by atoms with Crippen LogP contribution in [0.4, 0.5) is 11.5 Å². The van der Waals surface area contributed by atoms with Crippen molar-refractivity contribution in [3.8, 4) is 0 Å². The molecule has 2 heterocycles. The molecule has 0 radical (unpaired) electrons. The third-order valence-electron chi connectivity index (χ3n) is 3.44. The van der Waals surface area contributed by atoms with Gasteiger partial charge in [0.15, 0.2) is 0 Å². The molecule has 1 saturated heterocycles. The van der Waals surface area contributed by atoms with E-state index >= 15 is 0 Å². The molecule has 0 spiro atoms. The SMILES string of the molecule is CC(CNc1ccc(N)cn1)CN1CCCCC1. The Bertz CT molecular complexity index is 343. The van der Waals surface area contributed by atoms with Crippen molar-refractivity contribution in [1.82, 2.24) is 9.88 Å². The first kappa shape index (κ1) is 13.1. The minimum atomic E-state index is 0.641. The molecule has 0 saturated carbocycles. The quantitative estimate of drug-likeness (QED) is 0.839. The van der Waals surface area contributed by atoms with E-state index in [0.717, 1.165) is 12.4 Å². The van der Waals surface area contributed by atoms with Crippen molar-refractivity contribution < 1.29 is 0 Å². The Balaban J connectivity index is 1.70. The van der Waals surface area contributed by atoms with Gasteiger partial charge in [-0.1, -0.05) is 13.3 Å². The maximum absolute atomic E-state index is 5.61. The van der Waals surface area contributed by atoms with E-state index in [9.17, 15) is 0 Å². The number of pyridine rings is 1. The third kappa shape index (κ3) is 4.18. The molecule has 2 rings (SSSR count). The van der Waals surface area contributed by atoms with Gasteiger partial charge in [0.25, 0.3) is 0 Å². The Hall–Kier alpha value is -1.29. The molecule has 1 unspecified atom stereocenters. The first-order valence-corrected chi connectivity index (χ1v) is 6.92. The predicted octanol–water partition coefficient (Wildman–Crippen LogP) is 2.20. The summed E-state index contributed by atoms with van der Waals surface area (Å²) in [5, 5.41) is 3.37. The molecule has 1 aliphatic rings. The lowest BCUT2D eigenvalue weighted by Gasteiger charge is -2.29. The molecule has 1 fully saturated rings. The highest BCUT2D eigenvalue weighted by Crippen LogP contribution is 2.12. The molecular weight excluding hydrogens is 224 g/mol. The zero-order valence-electron chi connectivity index (χ0n) is 11.2. The van der Waals surface area contributed by atoms with Gasteiger partial charge in [-0.3, -0.25) is 0 Å². The van der Waals surface area contributed by atoms with Crippen LogP contribution < -0.4 is 11.1 Å². The zero-order valence-corrected chi connectivity index (χ0v) is 11.2. The Morgan fingerprint density at radius 2 is 2.11 bits per heavy atom. The summed E-state index contributed by atoms with van der Waals surface area (Å²) in [6.07, 6.45) is 5.81. The summed E-state index contributed by atoms with van der Waals surface area (Å²) >= 11 is 0. The van der Waals surface area contributed by atoms with Crippen LogP contribution in [0.3, 0.4) is 0 Å². The summed E-state index contributed by atoms with van der Waals surface area (Å²) in [7, 11) is 0. The monoisotopic (exact) mass is 248 g/mol. The first-order chi connectivity index (χ1) is 8.74. The van der Waals surface area contributed by atoms with Crippen LogP contribution in [0.15, 0.2) is 18.3 Å². The van der Waals surface area contributed by atoms with Gasteiger partial charge < -0.3 is 16.0 Å². The van der Waals surface area contributed by atoms with Gasteiger partial charge in [-0.15, -0.1) is 0 Å². The van der Waals surface area contributed by atoms with Crippen LogP contribution in [-0.4, -0.2) is 36.1 Å². The second-order valence-electron chi connectivity index (χ2n) is 5.32. The number of nitrogens with one attached hydrogen (secondary N) is 1. The highest BCUT2D eigenvalue weighted by Gasteiger charge is 2.13. The summed E-state index contributed by atoms with van der Waals surface area (Å²) < 4.78 is 0. The third-order valence-corrected chi connectivity index (χ3v) is 3.44. The Morgan fingerprint density at radius 1 is 1.33 bits per heavy atom. The molecular formula is C14H24N4. The van der Waals surface area contributed by atoms with Crippen molar-refractivity contribution in [1.29, 1.82) is 0 Å². The summed E-state index contributed by atoms with van der Waals surface area (Å²) in [5.74, 6) is 1.55. The fourth-order valence-corrected chi connectivity index (χ4v) is 2.44. The smallest absolute Gasteiger partial charge is 0.126 e. The Kier molecular flexibility index (Phi) is 4.81. The number of nitrogens with two attached hydrogens (primary N) is 1. The first-order valence-electron chi connectivity index (χ1n) is 6.92. The van der Waals surface area contributed by atoms with Gasteiger partial charge in [0.2, 0.25) is 0 Å². The van der Waals surface area contributed by atoms with Crippen molar-refractivity contribution >= 4 is 11.5 Å². The Morgan fingerprint density at radius 3 is 2.78 bits per heavy atom. The van der Waals surface area contributed by atoms with Crippen LogP contribution >= 0.6 is 0 Å². The molecule has 4 heteroatoms. The number of piperidine rings is 1. The standard InChI is InChI=1S/C14H24N4/c1-12(11-18-7-3-2-4-8-18)9-16-14-6-5-13(15)10-17-14/h5-6,10,12H,2-4,7-9,11,15H2,1H3,(H,16,17). The minimum absolute atomic E-state index is 0.641. The largest absolute Gasteiger partial charge is 0.397 e. The lowest BCUT2D eigenvalue weighted by atomic mass is 10.1. The van der Waals surface area contributed by atoms with Gasteiger partial charge in [0.05, 0.1) is 11.9 Å². The molecule has 4 nitrogen and oxygen atoms in total. The zero-order chi connectivity index (χ0) is 12.8. The lowest BCUT2D eigenvalue weighted by molar-refractivity contribution is 0.204. The number of nitrogen functional groups attached to an aromatic ring is 1. The minimum Gasteiger partial charge on any atom is -0.397 e. The van der Waals surface area contributed by atoms with E-state index < -0.39 is 0 Å². The van der Waals surface area contributed by atoms with Gasteiger partial charge in [0, 0.05) is 13.1 Å². The maximum Gasteiger partial charge on any atom is 0.126 e. The molecule has 0 bridgehead atoms. The molecule has 3 N–H and O–H groups in total. The summed E-state index contributed by atoms with van der Waals surface area (Å²) in [4.78, 5) is 6.82. The average molecular weight is 248 g/mol. The number of hydrogen-bond donors (Lipinski definition) is 2. The molecule has 1 atom stereocenters. The molecule has 1 aliphatic heterocycles. The maximum atomic E-state index is 5.61. The number of nitrogens with zero attached hydrogens (tertiary/aromatic N) is 2. The van der Waals surface area contributed by atoms with Crippen molar-refractivity contribution in [2.75, 3.05) is 37.2 Å². The van der Waals surface area contributed by atoms with E-state index in [1.54, 1.807) is 6.20 Å². The van der Waals surface area contributed by atoms with Crippen LogP contribution in [0.25, 0.3) is 0 Å². The number of aromatic nitrogens is 1. The number of hydrogen-bond acceptors (Lipinski definition) is 4. The second-order valence-corrected chi connectivity index (χ2v) is 5.32. The van der Waals surface area contributed by atoms with Gasteiger partial charge in [-0.05, 0) is 44.0 Å². The summed E-state index contributed by atoms with van der Waals surface area (Å²) in [6, 6.07) is 3.81. The molecule has 0 aliphatic carbocycles. The van der Waals surface area contributed by atoms with Crippen LogP contribution in [0.1, 0.15) is 26.2 Å². The van der Waals surface area contributed by atoms with E-state index in [0.29, 0.717) is 11.6 Å². The summed E-state index contributed by atoms with van der Waals surface area (Å²) in [5.41, 5.74) is 6.32. The number of rotatable bonds is 5. The van der Waals surface area contributed by atoms with E-state index in [4.69, 9.17) is 5.73 Å². The second kappa shape index (κ2) is 6.59. The van der Waals surface area contributed by atoms with E-state index in [1.807, 2.05) is 12.1 Å². The fraction of sp³-hybridized carbons (Fsp3) is 0.643. The predicted molar refractivity (Wildman–Crippen MR) is 76.6 cm³/mol. The van der Waals surface area contributed by atoms with Gasteiger partial charge in [0.1, 0.15) is 5.82 Å². The molecule has 1 aromatic heterocycles. The highest BCUT2D eigenvalue weighted by molar-refractivity contribution is 5.43. The van der Waals surface area contributed by atoms with E-state index in [1.165, 1.54) is 38.9 Å². The Labute approximate surface area is 110 Å². The molecule has 18 heavy (non-hydrogen) atoms. The van der Waals surface area contributed by atoms with Gasteiger partial charge in [-0.25, -0.2) is 4.98 Å². The number of likely N-dealkylation sites (tertiary alicyclic amines) is 1. The van der Waals surface area contributed by atoms with Crippen molar-refractivity contribution in [3.63, 3.8) is 0 Å².